The van der Waals surface area contributed by atoms with Gasteiger partial charge in [-0.15, -0.1) is 0 Å². The molecule has 19 heavy (non-hydrogen) atoms. The Hall–Kier alpha value is -1.35. The summed E-state index contributed by atoms with van der Waals surface area (Å²) in [5.41, 5.74) is 2.13. The van der Waals surface area contributed by atoms with Gasteiger partial charge in [0.2, 0.25) is 0 Å². The van der Waals surface area contributed by atoms with Crippen molar-refractivity contribution in [2.45, 2.75) is 45.1 Å². The van der Waals surface area contributed by atoms with E-state index in [1.54, 1.807) is 0 Å². The van der Waals surface area contributed by atoms with Crippen LogP contribution in [-0.4, -0.2) is 25.0 Å². The summed E-state index contributed by atoms with van der Waals surface area (Å²) in [4.78, 5) is 12.1. The number of nitrogens with one attached hydrogen (secondary N) is 2. The van der Waals surface area contributed by atoms with E-state index in [4.69, 9.17) is 0 Å². The Morgan fingerprint density at radius 2 is 1.95 bits per heavy atom. The predicted octanol–water partition coefficient (Wildman–Crippen LogP) is 2.47. The van der Waals surface area contributed by atoms with Crippen molar-refractivity contribution >= 4 is 5.91 Å². The molecule has 3 heteroatoms. The minimum Gasteiger partial charge on any atom is -0.348 e. The second-order valence-electron chi connectivity index (χ2n) is 6.34. The summed E-state index contributed by atoms with van der Waals surface area (Å²) in [7, 11) is 0. The fourth-order valence-corrected chi connectivity index (χ4v) is 2.37. The van der Waals surface area contributed by atoms with E-state index in [9.17, 15) is 4.79 Å². The molecule has 3 nitrogen and oxygen atoms in total. The fraction of sp³-hybridized carbons (Fsp3) is 0.562. The zero-order chi connectivity index (χ0) is 13.9. The Morgan fingerprint density at radius 3 is 2.47 bits per heavy atom. The lowest BCUT2D eigenvalue weighted by molar-refractivity contribution is 0.0930. The lowest BCUT2D eigenvalue weighted by Crippen LogP contribution is -2.45. The molecular weight excluding hydrogens is 236 g/mol. The SMILES string of the molecule is CC(C)(C)c1ccc(C(=O)N[C@H]2CCCNC2)cc1. The van der Waals surface area contributed by atoms with Crippen LogP contribution in [0.5, 0.6) is 0 Å². The van der Waals surface area contributed by atoms with Crippen molar-refractivity contribution in [3.8, 4) is 0 Å². The molecule has 104 valence electrons. The molecule has 1 aliphatic rings. The molecule has 1 amide bonds. The number of hydrogen-bond donors (Lipinski definition) is 2. The third-order valence-corrected chi connectivity index (χ3v) is 3.65. The highest BCUT2D eigenvalue weighted by Gasteiger charge is 2.17. The lowest BCUT2D eigenvalue weighted by Gasteiger charge is -2.24. The molecule has 0 unspecified atom stereocenters. The maximum absolute atomic E-state index is 12.1. The van der Waals surface area contributed by atoms with Gasteiger partial charge in [-0.3, -0.25) is 4.79 Å². The molecule has 1 heterocycles. The molecule has 0 bridgehead atoms. The first-order valence-corrected chi connectivity index (χ1v) is 7.09. The quantitative estimate of drug-likeness (QED) is 0.857. The third-order valence-electron chi connectivity index (χ3n) is 3.65. The van der Waals surface area contributed by atoms with Gasteiger partial charge in [-0.25, -0.2) is 0 Å². The standard InChI is InChI=1S/C16H24N2O/c1-16(2,3)13-8-6-12(7-9-13)15(19)18-14-5-4-10-17-11-14/h6-9,14,17H,4-5,10-11H2,1-3H3,(H,18,19)/t14-/m0/s1. The van der Waals surface area contributed by atoms with Crippen LogP contribution in [0.25, 0.3) is 0 Å². The summed E-state index contributed by atoms with van der Waals surface area (Å²) in [6, 6.07) is 8.21. The van der Waals surface area contributed by atoms with Crippen molar-refractivity contribution in [1.29, 1.82) is 0 Å². The molecular formula is C16H24N2O. The Bertz CT molecular complexity index is 425. The molecule has 1 aromatic carbocycles. The highest BCUT2D eigenvalue weighted by molar-refractivity contribution is 5.94. The number of carbonyl (C=O) groups is 1. The molecule has 0 spiro atoms. The van der Waals surface area contributed by atoms with Crippen LogP contribution < -0.4 is 10.6 Å². The van der Waals surface area contributed by atoms with Gasteiger partial charge in [0, 0.05) is 18.2 Å². The molecule has 0 radical (unpaired) electrons. The van der Waals surface area contributed by atoms with Crippen molar-refractivity contribution in [2.75, 3.05) is 13.1 Å². The molecule has 1 atom stereocenters. The number of benzene rings is 1. The van der Waals surface area contributed by atoms with Crippen LogP contribution in [0.2, 0.25) is 0 Å². The zero-order valence-corrected chi connectivity index (χ0v) is 12.1. The first-order chi connectivity index (χ1) is 8.97. The first-order valence-electron chi connectivity index (χ1n) is 7.09. The molecule has 1 fully saturated rings. The maximum Gasteiger partial charge on any atom is 0.251 e. The van der Waals surface area contributed by atoms with E-state index < -0.39 is 0 Å². The summed E-state index contributed by atoms with van der Waals surface area (Å²) < 4.78 is 0. The van der Waals surface area contributed by atoms with Crippen LogP contribution in [0.15, 0.2) is 24.3 Å². The lowest BCUT2D eigenvalue weighted by atomic mass is 9.86. The zero-order valence-electron chi connectivity index (χ0n) is 12.1. The van der Waals surface area contributed by atoms with Gasteiger partial charge in [-0.05, 0) is 42.5 Å². The summed E-state index contributed by atoms with van der Waals surface area (Å²) in [5, 5.41) is 6.40. The minimum absolute atomic E-state index is 0.0363. The van der Waals surface area contributed by atoms with Crippen LogP contribution in [0.4, 0.5) is 0 Å². The molecule has 0 saturated carbocycles. The number of amides is 1. The molecule has 1 saturated heterocycles. The smallest absolute Gasteiger partial charge is 0.251 e. The average molecular weight is 260 g/mol. The monoisotopic (exact) mass is 260 g/mol. The van der Waals surface area contributed by atoms with Crippen LogP contribution in [0.3, 0.4) is 0 Å². The molecule has 0 aliphatic carbocycles. The Kier molecular flexibility index (Phi) is 4.25. The van der Waals surface area contributed by atoms with E-state index >= 15 is 0 Å². The van der Waals surface area contributed by atoms with E-state index in [-0.39, 0.29) is 17.4 Å². The van der Waals surface area contributed by atoms with Gasteiger partial charge >= 0.3 is 0 Å². The first kappa shape index (κ1) is 14.1. The highest BCUT2D eigenvalue weighted by atomic mass is 16.1. The Balaban J connectivity index is 1.99. The van der Waals surface area contributed by atoms with E-state index in [0.717, 1.165) is 31.5 Å². The van der Waals surface area contributed by atoms with E-state index in [0.29, 0.717) is 0 Å². The largest absolute Gasteiger partial charge is 0.348 e. The van der Waals surface area contributed by atoms with Gasteiger partial charge in [0.05, 0.1) is 0 Å². The van der Waals surface area contributed by atoms with Crippen molar-refractivity contribution < 1.29 is 4.79 Å². The molecule has 2 rings (SSSR count). The third kappa shape index (κ3) is 3.80. The van der Waals surface area contributed by atoms with Crippen molar-refractivity contribution in [1.82, 2.24) is 10.6 Å². The topological polar surface area (TPSA) is 41.1 Å². The molecule has 2 N–H and O–H groups in total. The number of rotatable bonds is 2. The highest BCUT2D eigenvalue weighted by Crippen LogP contribution is 2.22. The molecule has 1 aliphatic heterocycles. The fourth-order valence-electron chi connectivity index (χ4n) is 2.37. The molecule has 0 aromatic heterocycles. The van der Waals surface area contributed by atoms with Crippen molar-refractivity contribution in [2.24, 2.45) is 0 Å². The average Bonchev–Trinajstić information content (AvgIpc) is 2.39. The van der Waals surface area contributed by atoms with Gasteiger partial charge in [0.1, 0.15) is 0 Å². The normalized spacial score (nSPS) is 20.1. The van der Waals surface area contributed by atoms with E-state index in [2.05, 4.69) is 31.4 Å². The Labute approximate surface area is 115 Å². The van der Waals surface area contributed by atoms with E-state index in [1.165, 1.54) is 5.56 Å². The van der Waals surface area contributed by atoms with Crippen LogP contribution >= 0.6 is 0 Å². The van der Waals surface area contributed by atoms with Gasteiger partial charge in [-0.1, -0.05) is 32.9 Å². The summed E-state index contributed by atoms with van der Waals surface area (Å²) in [5.74, 6) is 0.0363. The van der Waals surface area contributed by atoms with E-state index in [1.807, 2.05) is 24.3 Å². The van der Waals surface area contributed by atoms with Gasteiger partial charge < -0.3 is 10.6 Å². The Morgan fingerprint density at radius 1 is 1.26 bits per heavy atom. The van der Waals surface area contributed by atoms with Gasteiger partial charge in [0.15, 0.2) is 0 Å². The maximum atomic E-state index is 12.1. The predicted molar refractivity (Wildman–Crippen MR) is 78.5 cm³/mol. The number of hydrogen-bond acceptors (Lipinski definition) is 2. The summed E-state index contributed by atoms with van der Waals surface area (Å²) in [6.07, 6.45) is 2.20. The number of carbonyl (C=O) groups excluding carboxylic acids is 1. The summed E-state index contributed by atoms with van der Waals surface area (Å²) >= 11 is 0. The van der Waals surface area contributed by atoms with Crippen LogP contribution in [0, 0.1) is 0 Å². The second-order valence-corrected chi connectivity index (χ2v) is 6.34. The second kappa shape index (κ2) is 5.74. The van der Waals surface area contributed by atoms with Gasteiger partial charge in [-0.2, -0.15) is 0 Å². The summed E-state index contributed by atoms with van der Waals surface area (Å²) in [6.45, 7) is 8.47. The number of piperidine rings is 1. The molecule has 1 aromatic rings. The van der Waals surface area contributed by atoms with Crippen LogP contribution in [0.1, 0.15) is 49.5 Å². The van der Waals surface area contributed by atoms with Gasteiger partial charge in [0.25, 0.3) is 5.91 Å². The van der Waals surface area contributed by atoms with Crippen LogP contribution in [-0.2, 0) is 5.41 Å². The van der Waals surface area contributed by atoms with Crippen molar-refractivity contribution in [3.05, 3.63) is 35.4 Å². The van der Waals surface area contributed by atoms with Crippen molar-refractivity contribution in [3.63, 3.8) is 0 Å². The minimum atomic E-state index is 0.0363.